The minimum atomic E-state index is -0.897. The fraction of sp³-hybridized carbons (Fsp3) is 0.188. The van der Waals surface area contributed by atoms with Crippen LogP contribution in [0.2, 0.25) is 0 Å². The van der Waals surface area contributed by atoms with Crippen molar-refractivity contribution in [3.63, 3.8) is 0 Å². The molecule has 3 nitrogen and oxygen atoms in total. The molecule has 0 saturated heterocycles. The van der Waals surface area contributed by atoms with Crippen molar-refractivity contribution in [1.29, 1.82) is 0 Å². The van der Waals surface area contributed by atoms with E-state index in [9.17, 15) is 13.6 Å². The predicted molar refractivity (Wildman–Crippen MR) is 73.6 cm³/mol. The van der Waals surface area contributed by atoms with Crippen molar-refractivity contribution in [1.82, 2.24) is 0 Å². The van der Waals surface area contributed by atoms with E-state index in [4.69, 9.17) is 9.47 Å². The Morgan fingerprint density at radius 3 is 2.33 bits per heavy atom. The molecule has 0 fully saturated rings. The lowest BCUT2D eigenvalue weighted by atomic mass is 10.0. The van der Waals surface area contributed by atoms with Crippen molar-refractivity contribution >= 4 is 5.78 Å². The van der Waals surface area contributed by atoms with Gasteiger partial charge in [0.15, 0.2) is 0 Å². The zero-order chi connectivity index (χ0) is 15.2. The second kappa shape index (κ2) is 6.95. The molecule has 2 rings (SSSR count). The summed E-state index contributed by atoms with van der Waals surface area (Å²) in [5, 5.41) is 0. The topological polar surface area (TPSA) is 35.5 Å². The molecule has 2 aromatic rings. The smallest absolute Gasteiger partial charge is 0.202 e. The predicted octanol–water partition coefficient (Wildman–Crippen LogP) is 3.22. The highest BCUT2D eigenvalue weighted by atomic mass is 19.1. The molecule has 0 radical (unpaired) electrons. The lowest BCUT2D eigenvalue weighted by molar-refractivity contribution is 0.102. The number of hydrogen-bond acceptors (Lipinski definition) is 3. The largest absolute Gasteiger partial charge is 0.490 e. The molecule has 0 bridgehead atoms. The Balaban J connectivity index is 2.35. The van der Waals surface area contributed by atoms with Gasteiger partial charge >= 0.3 is 0 Å². The SMILES string of the molecule is COCCOc1ccccc1C(=O)c1c(F)cccc1F. The molecule has 0 aliphatic carbocycles. The summed E-state index contributed by atoms with van der Waals surface area (Å²) in [6, 6.07) is 9.63. The summed E-state index contributed by atoms with van der Waals surface area (Å²) < 4.78 is 37.7. The summed E-state index contributed by atoms with van der Waals surface area (Å²) in [5.41, 5.74) is -0.474. The highest BCUT2D eigenvalue weighted by molar-refractivity contribution is 6.11. The maximum absolute atomic E-state index is 13.7. The third-order valence-electron chi connectivity index (χ3n) is 2.87. The van der Waals surface area contributed by atoms with Gasteiger partial charge in [0.2, 0.25) is 5.78 Å². The highest BCUT2D eigenvalue weighted by Gasteiger charge is 2.21. The number of rotatable bonds is 6. The normalized spacial score (nSPS) is 10.4. The first-order valence-corrected chi connectivity index (χ1v) is 6.34. The second-order valence-electron chi connectivity index (χ2n) is 4.26. The van der Waals surface area contributed by atoms with Gasteiger partial charge in [-0.3, -0.25) is 4.79 Å². The van der Waals surface area contributed by atoms with Crippen LogP contribution in [0.3, 0.4) is 0 Å². The Bertz CT molecular complexity index is 621. The van der Waals surface area contributed by atoms with Crippen LogP contribution in [-0.2, 0) is 4.74 Å². The van der Waals surface area contributed by atoms with Crippen LogP contribution in [0.1, 0.15) is 15.9 Å². The summed E-state index contributed by atoms with van der Waals surface area (Å²) in [6.45, 7) is 0.580. The fourth-order valence-electron chi connectivity index (χ4n) is 1.86. The molecule has 0 atom stereocenters. The molecule has 0 heterocycles. The first-order valence-electron chi connectivity index (χ1n) is 6.34. The van der Waals surface area contributed by atoms with E-state index in [1.54, 1.807) is 18.2 Å². The molecule has 0 amide bonds. The Morgan fingerprint density at radius 1 is 1.00 bits per heavy atom. The fourth-order valence-corrected chi connectivity index (χ4v) is 1.86. The van der Waals surface area contributed by atoms with Crippen LogP contribution in [0.4, 0.5) is 8.78 Å². The van der Waals surface area contributed by atoms with Gasteiger partial charge in [-0.1, -0.05) is 18.2 Å². The van der Waals surface area contributed by atoms with Crippen molar-refractivity contribution < 1.29 is 23.0 Å². The Labute approximate surface area is 121 Å². The maximum Gasteiger partial charge on any atom is 0.202 e. The number of para-hydroxylation sites is 1. The van der Waals surface area contributed by atoms with E-state index in [1.807, 2.05) is 0 Å². The van der Waals surface area contributed by atoms with Crippen molar-refractivity contribution in [3.8, 4) is 5.75 Å². The van der Waals surface area contributed by atoms with Gasteiger partial charge < -0.3 is 9.47 Å². The van der Waals surface area contributed by atoms with Crippen LogP contribution in [0.25, 0.3) is 0 Å². The summed E-state index contributed by atoms with van der Waals surface area (Å²) in [6.07, 6.45) is 0. The molecule has 0 unspecified atom stereocenters. The van der Waals surface area contributed by atoms with Gasteiger partial charge in [0.25, 0.3) is 0 Å². The van der Waals surface area contributed by atoms with Crippen molar-refractivity contribution in [2.24, 2.45) is 0 Å². The Kier molecular flexibility index (Phi) is 5.00. The third-order valence-corrected chi connectivity index (χ3v) is 2.87. The van der Waals surface area contributed by atoms with Crippen LogP contribution >= 0.6 is 0 Å². The quantitative estimate of drug-likeness (QED) is 0.606. The van der Waals surface area contributed by atoms with E-state index in [0.717, 1.165) is 12.1 Å². The van der Waals surface area contributed by atoms with Crippen LogP contribution in [0.5, 0.6) is 5.75 Å². The van der Waals surface area contributed by atoms with Crippen molar-refractivity contribution in [2.45, 2.75) is 0 Å². The zero-order valence-corrected chi connectivity index (χ0v) is 11.4. The summed E-state index contributed by atoms with van der Waals surface area (Å²) >= 11 is 0. The number of methoxy groups -OCH3 is 1. The second-order valence-corrected chi connectivity index (χ2v) is 4.26. The Morgan fingerprint density at radius 2 is 1.67 bits per heavy atom. The van der Waals surface area contributed by atoms with Gasteiger partial charge in [-0.15, -0.1) is 0 Å². The molecule has 0 aliphatic heterocycles. The van der Waals surface area contributed by atoms with E-state index >= 15 is 0 Å². The lowest BCUT2D eigenvalue weighted by Crippen LogP contribution is -2.11. The molecule has 0 N–H and O–H groups in total. The van der Waals surface area contributed by atoms with Gasteiger partial charge in [-0.25, -0.2) is 8.78 Å². The number of ether oxygens (including phenoxy) is 2. The highest BCUT2D eigenvalue weighted by Crippen LogP contribution is 2.24. The first kappa shape index (κ1) is 15.1. The monoisotopic (exact) mass is 292 g/mol. The van der Waals surface area contributed by atoms with Gasteiger partial charge in [0, 0.05) is 7.11 Å². The first-order chi connectivity index (χ1) is 10.1. The molecule has 110 valence electrons. The molecule has 0 spiro atoms. The molecule has 0 saturated carbocycles. The number of carbonyl (C=O) groups is 1. The number of hydrogen-bond donors (Lipinski definition) is 0. The summed E-state index contributed by atoms with van der Waals surface area (Å²) in [7, 11) is 1.52. The van der Waals surface area contributed by atoms with E-state index in [-0.39, 0.29) is 17.9 Å². The van der Waals surface area contributed by atoms with Crippen LogP contribution in [0.15, 0.2) is 42.5 Å². The molecule has 21 heavy (non-hydrogen) atoms. The van der Waals surface area contributed by atoms with E-state index in [1.165, 1.54) is 19.2 Å². The van der Waals surface area contributed by atoms with Gasteiger partial charge in [-0.2, -0.15) is 0 Å². The molecule has 0 aliphatic rings. The minimum Gasteiger partial charge on any atom is -0.490 e. The molecule has 5 heteroatoms. The van der Waals surface area contributed by atoms with Gasteiger partial charge in [-0.05, 0) is 24.3 Å². The van der Waals surface area contributed by atoms with E-state index < -0.39 is 23.0 Å². The van der Waals surface area contributed by atoms with Gasteiger partial charge in [0.05, 0.1) is 17.7 Å². The zero-order valence-electron chi connectivity index (χ0n) is 11.4. The third kappa shape index (κ3) is 3.44. The van der Waals surface area contributed by atoms with Crippen molar-refractivity contribution in [2.75, 3.05) is 20.3 Å². The lowest BCUT2D eigenvalue weighted by Gasteiger charge is -2.11. The maximum atomic E-state index is 13.7. The molecular weight excluding hydrogens is 278 g/mol. The summed E-state index contributed by atoms with van der Waals surface area (Å²) in [5.74, 6) is -2.28. The number of ketones is 1. The number of halogens is 2. The van der Waals surface area contributed by atoms with E-state index in [0.29, 0.717) is 6.61 Å². The van der Waals surface area contributed by atoms with Crippen LogP contribution in [-0.4, -0.2) is 26.1 Å². The van der Waals surface area contributed by atoms with Crippen molar-refractivity contribution in [3.05, 3.63) is 65.2 Å². The van der Waals surface area contributed by atoms with Crippen LogP contribution in [0, 0.1) is 11.6 Å². The molecular formula is C16H14F2O3. The standard InChI is InChI=1S/C16H14F2O3/c1-20-9-10-21-14-8-3-2-5-11(14)16(19)15-12(17)6-4-7-13(15)18/h2-8H,9-10H2,1H3. The average molecular weight is 292 g/mol. The molecule has 0 aromatic heterocycles. The van der Waals surface area contributed by atoms with E-state index in [2.05, 4.69) is 0 Å². The summed E-state index contributed by atoms with van der Waals surface area (Å²) in [4.78, 5) is 12.4. The molecule has 2 aromatic carbocycles. The van der Waals surface area contributed by atoms with Crippen LogP contribution < -0.4 is 4.74 Å². The number of benzene rings is 2. The van der Waals surface area contributed by atoms with Gasteiger partial charge in [0.1, 0.15) is 24.0 Å². The average Bonchev–Trinajstić information content (AvgIpc) is 2.47. The minimum absolute atomic E-state index is 0.109. The Hall–Kier alpha value is -2.27. The number of carbonyl (C=O) groups excluding carboxylic acids is 1.